The fourth-order valence-electron chi connectivity index (χ4n) is 4.75. The molecule has 3 fully saturated rings. The number of halogens is 2. The number of carbonyl (C=O) groups is 1. The number of hydrogen-bond donors (Lipinski definition) is 0. The number of likely N-dealkylation sites (tertiary alicyclic amines) is 2. The first kappa shape index (κ1) is 19.8. The van der Waals surface area contributed by atoms with Gasteiger partial charge < -0.3 is 14.5 Å². The number of rotatable bonds is 5. The van der Waals surface area contributed by atoms with Crippen molar-refractivity contribution in [3.63, 3.8) is 0 Å². The Labute approximate surface area is 165 Å². The summed E-state index contributed by atoms with van der Waals surface area (Å²) in [5, 5.41) is 0. The van der Waals surface area contributed by atoms with E-state index in [9.17, 15) is 13.6 Å². The molecule has 0 bridgehead atoms. The Hall–Kier alpha value is -1.53. The Morgan fingerprint density at radius 2 is 1.68 bits per heavy atom. The van der Waals surface area contributed by atoms with Crippen molar-refractivity contribution in [2.45, 2.75) is 62.6 Å². The molecule has 0 N–H and O–H groups in total. The molecule has 154 valence electrons. The normalized spacial score (nSPS) is 26.8. The van der Waals surface area contributed by atoms with Crippen LogP contribution in [0.4, 0.5) is 8.78 Å². The van der Waals surface area contributed by atoms with Crippen molar-refractivity contribution in [3.05, 3.63) is 35.9 Å². The van der Waals surface area contributed by atoms with Crippen molar-refractivity contribution in [2.24, 2.45) is 0 Å². The maximum atomic E-state index is 13.3. The number of alkyl halides is 2. The van der Waals surface area contributed by atoms with Crippen LogP contribution >= 0.6 is 0 Å². The van der Waals surface area contributed by atoms with E-state index in [1.807, 2.05) is 23.1 Å². The minimum atomic E-state index is -2.49. The van der Waals surface area contributed by atoms with Crippen LogP contribution in [0.5, 0.6) is 0 Å². The highest BCUT2D eigenvalue weighted by molar-refractivity contribution is 5.76. The lowest BCUT2D eigenvalue weighted by Crippen LogP contribution is -2.60. The highest BCUT2D eigenvalue weighted by Gasteiger charge is 2.48. The zero-order valence-corrected chi connectivity index (χ0v) is 16.4. The van der Waals surface area contributed by atoms with E-state index < -0.39 is 5.92 Å². The molecule has 3 saturated heterocycles. The van der Waals surface area contributed by atoms with Crippen LogP contribution in [-0.4, -0.2) is 66.1 Å². The lowest BCUT2D eigenvalue weighted by Gasteiger charge is -2.53. The van der Waals surface area contributed by atoms with E-state index in [0.717, 1.165) is 45.3 Å². The van der Waals surface area contributed by atoms with Gasteiger partial charge in [-0.15, -0.1) is 0 Å². The zero-order chi connectivity index (χ0) is 19.6. The summed E-state index contributed by atoms with van der Waals surface area (Å²) in [7, 11) is 0. The second-order valence-corrected chi connectivity index (χ2v) is 8.65. The average Bonchev–Trinajstić information content (AvgIpc) is 2.68. The molecule has 0 aromatic heterocycles. The maximum absolute atomic E-state index is 13.3. The largest absolute Gasteiger partial charge is 0.370 e. The summed E-state index contributed by atoms with van der Waals surface area (Å²) in [6.07, 6.45) is 4.19. The van der Waals surface area contributed by atoms with Crippen molar-refractivity contribution in [3.8, 4) is 0 Å². The summed E-state index contributed by atoms with van der Waals surface area (Å²) in [5.41, 5.74) is 1.12. The molecule has 3 heterocycles. The summed E-state index contributed by atoms with van der Waals surface area (Å²) in [5.74, 6) is -2.26. The number of aryl methyl sites for hydroxylation is 1. The highest BCUT2D eigenvalue weighted by Crippen LogP contribution is 2.42. The number of carbonyl (C=O) groups excluding carboxylic acids is 1. The minimum absolute atomic E-state index is 0.0368. The minimum Gasteiger partial charge on any atom is -0.370 e. The van der Waals surface area contributed by atoms with Gasteiger partial charge in [-0.05, 0) is 24.8 Å². The van der Waals surface area contributed by atoms with Crippen LogP contribution in [0.1, 0.15) is 44.1 Å². The first-order valence-corrected chi connectivity index (χ1v) is 10.5. The number of ether oxygens (including phenoxy) is 1. The molecule has 1 aromatic carbocycles. The van der Waals surface area contributed by atoms with Gasteiger partial charge in [0.05, 0.1) is 11.7 Å². The van der Waals surface area contributed by atoms with Crippen LogP contribution in [0.2, 0.25) is 0 Å². The average molecular weight is 392 g/mol. The van der Waals surface area contributed by atoms with E-state index in [-0.39, 0.29) is 30.5 Å². The van der Waals surface area contributed by atoms with Gasteiger partial charge in [0.25, 0.3) is 5.92 Å². The molecule has 3 aliphatic rings. The fourth-order valence-corrected chi connectivity index (χ4v) is 4.75. The quantitative estimate of drug-likeness (QED) is 0.769. The summed E-state index contributed by atoms with van der Waals surface area (Å²) in [6, 6.07) is 10.1. The Balaban J connectivity index is 1.15. The van der Waals surface area contributed by atoms with Gasteiger partial charge in [0.15, 0.2) is 0 Å². The number of amides is 1. The van der Waals surface area contributed by atoms with Gasteiger partial charge in [0, 0.05) is 58.4 Å². The van der Waals surface area contributed by atoms with Gasteiger partial charge in [-0.1, -0.05) is 30.3 Å². The maximum Gasteiger partial charge on any atom is 0.250 e. The van der Waals surface area contributed by atoms with Gasteiger partial charge in [-0.25, -0.2) is 8.78 Å². The monoisotopic (exact) mass is 392 g/mol. The molecule has 1 spiro atoms. The number of hydrogen-bond acceptors (Lipinski definition) is 3. The van der Waals surface area contributed by atoms with Crippen molar-refractivity contribution in [1.82, 2.24) is 9.80 Å². The van der Waals surface area contributed by atoms with E-state index in [0.29, 0.717) is 19.5 Å². The summed E-state index contributed by atoms with van der Waals surface area (Å²) < 4.78 is 32.7. The predicted molar refractivity (Wildman–Crippen MR) is 103 cm³/mol. The fraction of sp³-hybridized carbons (Fsp3) is 0.682. The lowest BCUT2D eigenvalue weighted by atomic mass is 9.80. The van der Waals surface area contributed by atoms with Crippen molar-refractivity contribution in [2.75, 3.05) is 32.7 Å². The Morgan fingerprint density at radius 3 is 2.32 bits per heavy atom. The van der Waals surface area contributed by atoms with Crippen LogP contribution in [0.25, 0.3) is 0 Å². The van der Waals surface area contributed by atoms with E-state index in [1.165, 1.54) is 5.56 Å². The Kier molecular flexibility index (Phi) is 5.70. The number of nitrogens with zero attached hydrogens (tertiary/aromatic N) is 2. The third kappa shape index (κ3) is 4.71. The molecule has 0 radical (unpaired) electrons. The molecule has 1 amide bonds. The van der Waals surface area contributed by atoms with E-state index in [1.54, 1.807) is 0 Å². The first-order chi connectivity index (χ1) is 13.4. The van der Waals surface area contributed by atoms with Gasteiger partial charge in [0.2, 0.25) is 5.91 Å². The van der Waals surface area contributed by atoms with Crippen LogP contribution in [0.15, 0.2) is 30.3 Å². The number of piperidine rings is 2. The molecule has 28 heavy (non-hydrogen) atoms. The second-order valence-electron chi connectivity index (χ2n) is 8.65. The smallest absolute Gasteiger partial charge is 0.250 e. The predicted octanol–water partition coefficient (Wildman–Crippen LogP) is 3.50. The zero-order valence-electron chi connectivity index (χ0n) is 16.4. The van der Waals surface area contributed by atoms with Crippen LogP contribution in [0.3, 0.4) is 0 Å². The molecule has 3 aliphatic heterocycles. The molecule has 1 atom stereocenters. The third-order valence-corrected chi connectivity index (χ3v) is 6.56. The van der Waals surface area contributed by atoms with Gasteiger partial charge in [0.1, 0.15) is 0 Å². The van der Waals surface area contributed by atoms with Crippen LogP contribution < -0.4 is 0 Å². The summed E-state index contributed by atoms with van der Waals surface area (Å²) in [4.78, 5) is 16.6. The number of benzene rings is 1. The Morgan fingerprint density at radius 1 is 1.04 bits per heavy atom. The molecule has 0 saturated carbocycles. The molecular weight excluding hydrogens is 362 g/mol. The van der Waals surface area contributed by atoms with E-state index >= 15 is 0 Å². The second kappa shape index (κ2) is 8.07. The molecule has 1 aromatic rings. The standard InChI is InChI=1S/C22H30F2N2O2/c23-22(24)10-12-25(13-11-22)17-19-16-21(28-19)8-14-26(15-9-21)20(27)7-6-18-4-2-1-3-5-18/h1-5,19H,6-17H2. The molecule has 6 heteroatoms. The third-order valence-electron chi connectivity index (χ3n) is 6.56. The van der Waals surface area contributed by atoms with Crippen molar-refractivity contribution < 1.29 is 18.3 Å². The van der Waals surface area contributed by atoms with Crippen LogP contribution in [0, 0.1) is 0 Å². The van der Waals surface area contributed by atoms with Gasteiger partial charge in [-0.3, -0.25) is 4.79 Å². The SMILES string of the molecule is O=C(CCc1ccccc1)N1CCC2(CC1)CC(CN1CCC(F)(F)CC1)O2. The molecular formula is C22H30F2N2O2. The Bertz CT molecular complexity index is 656. The topological polar surface area (TPSA) is 32.8 Å². The van der Waals surface area contributed by atoms with Gasteiger partial charge in [-0.2, -0.15) is 0 Å². The molecule has 1 unspecified atom stereocenters. The van der Waals surface area contributed by atoms with Crippen LogP contribution in [-0.2, 0) is 16.0 Å². The molecule has 0 aliphatic carbocycles. The van der Waals surface area contributed by atoms with Crippen molar-refractivity contribution >= 4 is 5.91 Å². The first-order valence-electron chi connectivity index (χ1n) is 10.5. The molecule has 4 nitrogen and oxygen atoms in total. The summed E-state index contributed by atoms with van der Waals surface area (Å²) >= 11 is 0. The van der Waals surface area contributed by atoms with Gasteiger partial charge >= 0.3 is 0 Å². The summed E-state index contributed by atoms with van der Waals surface area (Å²) in [6.45, 7) is 3.21. The van der Waals surface area contributed by atoms with E-state index in [2.05, 4.69) is 17.0 Å². The van der Waals surface area contributed by atoms with E-state index in [4.69, 9.17) is 4.74 Å². The lowest BCUT2D eigenvalue weighted by molar-refractivity contribution is -0.231. The highest BCUT2D eigenvalue weighted by atomic mass is 19.3. The molecule has 4 rings (SSSR count). The van der Waals surface area contributed by atoms with Crippen molar-refractivity contribution in [1.29, 1.82) is 0 Å².